The average Bonchev–Trinajstić information content (AvgIpc) is 3.58. The Morgan fingerprint density at radius 1 is 1.19 bits per heavy atom. The van der Waals surface area contributed by atoms with Crippen LogP contribution in [0, 0.1) is 11.3 Å². The fourth-order valence-electron chi connectivity index (χ4n) is 6.51. The van der Waals surface area contributed by atoms with Gasteiger partial charge in [0.2, 0.25) is 11.8 Å². The molecule has 1 aromatic heterocycles. The lowest BCUT2D eigenvalue weighted by Crippen LogP contribution is -2.52. The Morgan fingerprint density at radius 3 is 2.56 bits per heavy atom. The van der Waals surface area contributed by atoms with E-state index in [1.165, 1.54) is 11.8 Å². The van der Waals surface area contributed by atoms with E-state index in [2.05, 4.69) is 39.4 Å². The van der Waals surface area contributed by atoms with Crippen LogP contribution in [0.25, 0.3) is 10.8 Å². The highest BCUT2D eigenvalue weighted by atomic mass is 79.9. The molecule has 1 aliphatic carbocycles. The van der Waals surface area contributed by atoms with Crippen LogP contribution in [0.1, 0.15) is 79.1 Å². The maximum atomic E-state index is 14.4. The third-order valence-corrected chi connectivity index (χ3v) is 9.81. The molecule has 1 saturated carbocycles. The number of Topliss-reactive ketones (excluding diaryl/α,β-unsaturated/α-hetero) is 2. The number of carbonyl (C=O) groups is 4. The average molecular weight is 727 g/mol. The van der Waals surface area contributed by atoms with Crippen LogP contribution in [0.5, 0.6) is 11.6 Å². The van der Waals surface area contributed by atoms with Crippen molar-refractivity contribution in [1.82, 2.24) is 15.2 Å². The molecule has 260 valence electrons. The summed E-state index contributed by atoms with van der Waals surface area (Å²) in [5.74, 6) is 0.280. The van der Waals surface area contributed by atoms with E-state index in [0.717, 1.165) is 34.5 Å². The number of aromatic nitrogens is 1. The number of nitrogens with one attached hydrogen (secondary N) is 1. The van der Waals surface area contributed by atoms with Gasteiger partial charge in [-0.15, -0.1) is 13.2 Å². The number of fused-ring (bicyclic) bond motifs is 1. The molecule has 2 aromatic rings. The number of alkyl carbamates (subject to hydrolysis) is 1. The number of amides is 2. The number of hydrogen-bond donors (Lipinski definition) is 1. The van der Waals surface area contributed by atoms with Crippen LogP contribution >= 0.6 is 15.9 Å². The Kier molecular flexibility index (Phi) is 12.1. The Morgan fingerprint density at radius 2 is 1.94 bits per heavy atom. The molecule has 48 heavy (non-hydrogen) atoms. The number of ketones is 2. The Hall–Kier alpha value is -3.73. The van der Waals surface area contributed by atoms with Gasteiger partial charge in [-0.25, -0.2) is 9.78 Å². The van der Waals surface area contributed by atoms with E-state index in [1.807, 2.05) is 24.3 Å². The molecule has 1 N–H and O–H groups in total. The Bertz CT molecular complexity index is 1550. The topological polar surface area (TPSA) is 124 Å². The summed E-state index contributed by atoms with van der Waals surface area (Å²) in [4.78, 5) is 60.1. The smallest absolute Gasteiger partial charge is 0.408 e. The summed E-state index contributed by atoms with van der Waals surface area (Å²) in [7, 11) is 1.59. The van der Waals surface area contributed by atoms with Crippen molar-refractivity contribution in [3.05, 3.63) is 54.2 Å². The number of rotatable bonds is 16. The Labute approximate surface area is 291 Å². The van der Waals surface area contributed by atoms with E-state index in [-0.39, 0.29) is 42.8 Å². The summed E-state index contributed by atoms with van der Waals surface area (Å²) in [6.45, 7) is 14.5. The highest BCUT2D eigenvalue weighted by Crippen LogP contribution is 2.57. The van der Waals surface area contributed by atoms with Gasteiger partial charge in [0, 0.05) is 29.8 Å². The van der Waals surface area contributed by atoms with Crippen molar-refractivity contribution < 1.29 is 33.4 Å². The summed E-state index contributed by atoms with van der Waals surface area (Å²) < 4.78 is 18.1. The lowest BCUT2D eigenvalue weighted by molar-refractivity contribution is -0.140. The number of likely N-dealkylation sites (tertiary alicyclic amines) is 1. The molecule has 11 heteroatoms. The lowest BCUT2D eigenvalue weighted by Gasteiger charge is -2.30. The molecule has 2 amide bonds. The molecule has 0 spiro atoms. The molecule has 2 heterocycles. The summed E-state index contributed by atoms with van der Waals surface area (Å²) in [6.07, 6.45) is 8.38. The normalized spacial score (nSPS) is 22.5. The number of methoxy groups -OCH3 is 1. The van der Waals surface area contributed by atoms with Crippen LogP contribution in [-0.4, -0.2) is 70.9 Å². The van der Waals surface area contributed by atoms with Crippen LogP contribution in [0.3, 0.4) is 0 Å². The fraction of sp³-hybridized carbons (Fsp3) is 0.541. The number of carbonyl (C=O) groups excluding carboxylic acids is 4. The second-order valence-electron chi connectivity index (χ2n) is 13.8. The minimum absolute atomic E-state index is 0.00512. The van der Waals surface area contributed by atoms with E-state index >= 15 is 0 Å². The van der Waals surface area contributed by atoms with Crippen molar-refractivity contribution >= 4 is 50.3 Å². The molecule has 2 aliphatic rings. The van der Waals surface area contributed by atoms with Crippen LogP contribution < -0.4 is 14.8 Å². The van der Waals surface area contributed by atoms with Gasteiger partial charge in [0.15, 0.2) is 5.78 Å². The molecule has 4 rings (SSSR count). The van der Waals surface area contributed by atoms with Gasteiger partial charge in [-0.05, 0) is 98.8 Å². The van der Waals surface area contributed by atoms with Gasteiger partial charge in [-0.1, -0.05) is 25.0 Å². The monoisotopic (exact) mass is 725 g/mol. The molecule has 0 radical (unpaired) electrons. The van der Waals surface area contributed by atoms with Crippen molar-refractivity contribution in [3.63, 3.8) is 0 Å². The standard InChI is InChI=1S/C37H48BrN3O7/c1-8-10-11-12-13-14-29(40-35(45)48-36(4,5)6)34(44)41-22-26(18-30(41)31(43)21-37(23(3)42)20-25(37)9-2)47-33-27-19-28(38)32(46-7)17-24(27)15-16-39-33/h8-9,15-17,19,25-26,29-30H,1-2,10-14,18,20-22H2,3-7H3,(H,40,45)/t25-,26-,29+,30+,37+/m1/s1. The first-order valence-corrected chi connectivity index (χ1v) is 17.4. The maximum Gasteiger partial charge on any atom is 0.408 e. The second-order valence-corrected chi connectivity index (χ2v) is 14.7. The highest BCUT2D eigenvalue weighted by Gasteiger charge is 2.58. The molecular formula is C37H48BrN3O7. The van der Waals surface area contributed by atoms with Crippen molar-refractivity contribution in [2.75, 3.05) is 13.7 Å². The molecule has 0 bridgehead atoms. The van der Waals surface area contributed by atoms with Crippen LogP contribution in [0.4, 0.5) is 4.79 Å². The number of nitrogens with zero attached hydrogens (tertiary/aromatic N) is 2. The van der Waals surface area contributed by atoms with Crippen molar-refractivity contribution in [2.24, 2.45) is 11.3 Å². The first kappa shape index (κ1) is 37.1. The number of ether oxygens (including phenoxy) is 3. The zero-order chi connectivity index (χ0) is 35.2. The SMILES string of the molecule is C=CCCCCC[C@H](NC(=O)OC(C)(C)C)C(=O)N1C[C@H](Oc2nccc3cc(OC)c(Br)cc23)C[C@H]1C(=O)C[C@]1(C(C)=O)C[C@H]1C=C. The van der Waals surface area contributed by atoms with E-state index in [9.17, 15) is 19.2 Å². The van der Waals surface area contributed by atoms with Gasteiger partial charge >= 0.3 is 6.09 Å². The molecule has 1 aromatic carbocycles. The molecule has 1 saturated heterocycles. The molecule has 5 atom stereocenters. The van der Waals surface area contributed by atoms with Crippen LogP contribution in [0.15, 0.2) is 54.2 Å². The minimum atomic E-state index is -0.916. The zero-order valence-electron chi connectivity index (χ0n) is 28.7. The van der Waals surface area contributed by atoms with E-state index in [0.29, 0.717) is 30.9 Å². The second kappa shape index (κ2) is 15.7. The van der Waals surface area contributed by atoms with Gasteiger partial charge < -0.3 is 24.4 Å². The van der Waals surface area contributed by atoms with Gasteiger partial charge in [0.1, 0.15) is 29.3 Å². The first-order chi connectivity index (χ1) is 22.7. The number of pyridine rings is 1. The molecule has 10 nitrogen and oxygen atoms in total. The van der Waals surface area contributed by atoms with E-state index in [1.54, 1.807) is 40.2 Å². The van der Waals surface area contributed by atoms with Gasteiger partial charge in [-0.3, -0.25) is 14.4 Å². The Balaban J connectivity index is 1.63. The molecular weight excluding hydrogens is 678 g/mol. The quantitative estimate of drug-likeness (QED) is 0.143. The van der Waals surface area contributed by atoms with Gasteiger partial charge in [-0.2, -0.15) is 0 Å². The van der Waals surface area contributed by atoms with Crippen molar-refractivity contribution in [2.45, 2.75) is 103 Å². The summed E-state index contributed by atoms with van der Waals surface area (Å²) >= 11 is 3.54. The van der Waals surface area contributed by atoms with Gasteiger partial charge in [0.05, 0.1) is 24.2 Å². The van der Waals surface area contributed by atoms with E-state index < -0.39 is 35.3 Å². The molecule has 0 unspecified atom stereocenters. The highest BCUT2D eigenvalue weighted by molar-refractivity contribution is 9.10. The number of benzene rings is 1. The third kappa shape index (κ3) is 8.84. The van der Waals surface area contributed by atoms with Gasteiger partial charge in [0.25, 0.3) is 0 Å². The summed E-state index contributed by atoms with van der Waals surface area (Å²) in [5.41, 5.74) is -1.56. The molecule has 2 fully saturated rings. The first-order valence-electron chi connectivity index (χ1n) is 16.6. The number of hydrogen-bond acceptors (Lipinski definition) is 8. The summed E-state index contributed by atoms with van der Waals surface area (Å²) in [6, 6.07) is 3.82. The maximum absolute atomic E-state index is 14.4. The van der Waals surface area contributed by atoms with Crippen molar-refractivity contribution in [3.8, 4) is 11.6 Å². The zero-order valence-corrected chi connectivity index (χ0v) is 30.3. The number of halogens is 1. The third-order valence-electron chi connectivity index (χ3n) is 9.20. The predicted molar refractivity (Wildman–Crippen MR) is 188 cm³/mol. The molecule has 1 aliphatic heterocycles. The number of allylic oxidation sites excluding steroid dienone is 2. The fourth-order valence-corrected chi connectivity index (χ4v) is 7.02. The lowest BCUT2D eigenvalue weighted by atomic mass is 9.89. The van der Waals surface area contributed by atoms with Crippen molar-refractivity contribution in [1.29, 1.82) is 0 Å². The summed E-state index contributed by atoms with van der Waals surface area (Å²) in [5, 5.41) is 4.37. The van der Waals surface area contributed by atoms with E-state index in [4.69, 9.17) is 14.2 Å². The predicted octanol–water partition coefficient (Wildman–Crippen LogP) is 7.12. The number of unbranched alkanes of at least 4 members (excludes halogenated alkanes) is 3. The van der Waals surface area contributed by atoms with Crippen LogP contribution in [0.2, 0.25) is 0 Å². The largest absolute Gasteiger partial charge is 0.496 e. The van der Waals surface area contributed by atoms with Crippen LogP contribution in [-0.2, 0) is 19.1 Å². The minimum Gasteiger partial charge on any atom is -0.496 e.